The van der Waals surface area contributed by atoms with Gasteiger partial charge in [0.2, 0.25) is 0 Å². The van der Waals surface area contributed by atoms with E-state index in [-0.39, 0.29) is 0 Å². The monoisotopic (exact) mass is 212 g/mol. The Balaban J connectivity index is 1.94. The molecule has 0 aliphatic heterocycles. The van der Waals surface area contributed by atoms with Crippen molar-refractivity contribution in [2.45, 2.75) is 38.6 Å². The quantitative estimate of drug-likeness (QED) is 0.687. The predicted molar refractivity (Wildman–Crippen MR) is 58.7 cm³/mol. The Morgan fingerprint density at radius 2 is 2.43 bits per heavy atom. The van der Waals surface area contributed by atoms with E-state index in [0.29, 0.717) is 6.04 Å². The summed E-state index contributed by atoms with van der Waals surface area (Å²) in [4.78, 5) is 0. The van der Waals surface area contributed by atoms with Gasteiger partial charge in [0, 0.05) is 12.1 Å². The van der Waals surface area contributed by atoms with Crippen molar-refractivity contribution in [3.63, 3.8) is 0 Å². The van der Waals surface area contributed by atoms with Crippen molar-refractivity contribution in [1.82, 2.24) is 9.78 Å². The van der Waals surface area contributed by atoms with Gasteiger partial charge >= 0.3 is 0 Å². The first kappa shape index (κ1) is 10.0. The number of nitrogens with zero attached hydrogens (tertiary/aromatic N) is 2. The standard InChI is InChI=1S/C11H17ClN2/c1-9(11-4-5-11)14-8-10(7-13-14)3-2-6-12/h7-9,11H,2-6H2,1H3. The van der Waals surface area contributed by atoms with Crippen molar-refractivity contribution in [2.75, 3.05) is 5.88 Å². The van der Waals surface area contributed by atoms with E-state index in [1.165, 1.54) is 18.4 Å². The molecule has 0 radical (unpaired) electrons. The fraction of sp³-hybridized carbons (Fsp3) is 0.727. The molecule has 1 saturated carbocycles. The van der Waals surface area contributed by atoms with Crippen molar-refractivity contribution < 1.29 is 0 Å². The fourth-order valence-corrected chi connectivity index (χ4v) is 1.93. The van der Waals surface area contributed by atoms with Crippen LogP contribution in [-0.4, -0.2) is 15.7 Å². The van der Waals surface area contributed by atoms with Gasteiger partial charge in [-0.05, 0) is 44.1 Å². The van der Waals surface area contributed by atoms with Gasteiger partial charge in [0.15, 0.2) is 0 Å². The number of hydrogen-bond donors (Lipinski definition) is 0. The molecule has 78 valence electrons. The van der Waals surface area contributed by atoms with E-state index < -0.39 is 0 Å². The molecular weight excluding hydrogens is 196 g/mol. The average molecular weight is 213 g/mol. The lowest BCUT2D eigenvalue weighted by atomic mass is 10.2. The summed E-state index contributed by atoms with van der Waals surface area (Å²) in [6.07, 6.45) is 9.00. The summed E-state index contributed by atoms with van der Waals surface area (Å²) in [5.41, 5.74) is 1.32. The van der Waals surface area contributed by atoms with Crippen molar-refractivity contribution >= 4 is 11.6 Å². The molecule has 1 aromatic rings. The van der Waals surface area contributed by atoms with Crippen LogP contribution in [0.25, 0.3) is 0 Å². The number of hydrogen-bond acceptors (Lipinski definition) is 1. The molecule has 1 aromatic heterocycles. The molecule has 3 heteroatoms. The van der Waals surface area contributed by atoms with Gasteiger partial charge < -0.3 is 0 Å². The molecule has 0 N–H and O–H groups in total. The summed E-state index contributed by atoms with van der Waals surface area (Å²) in [6, 6.07) is 0.583. The SMILES string of the molecule is CC(C1CC1)n1cc(CCCCl)cn1. The highest BCUT2D eigenvalue weighted by atomic mass is 35.5. The van der Waals surface area contributed by atoms with Crippen LogP contribution in [0.1, 0.15) is 37.8 Å². The largest absolute Gasteiger partial charge is 0.269 e. The Labute approximate surface area is 90.3 Å². The lowest BCUT2D eigenvalue weighted by Crippen LogP contribution is -2.07. The van der Waals surface area contributed by atoms with Gasteiger partial charge in [0.25, 0.3) is 0 Å². The maximum Gasteiger partial charge on any atom is 0.0521 e. The van der Waals surface area contributed by atoms with E-state index in [1.54, 1.807) is 0 Å². The maximum absolute atomic E-state index is 5.65. The van der Waals surface area contributed by atoms with Crippen LogP contribution in [0.15, 0.2) is 12.4 Å². The Hall–Kier alpha value is -0.500. The van der Waals surface area contributed by atoms with Gasteiger partial charge in [-0.3, -0.25) is 4.68 Å². The van der Waals surface area contributed by atoms with Crippen LogP contribution in [0.4, 0.5) is 0 Å². The molecule has 1 fully saturated rings. The van der Waals surface area contributed by atoms with Crippen molar-refractivity contribution in [1.29, 1.82) is 0 Å². The normalized spacial score (nSPS) is 18.4. The van der Waals surface area contributed by atoms with Crippen LogP contribution in [0.5, 0.6) is 0 Å². The fourth-order valence-electron chi connectivity index (χ4n) is 1.79. The van der Waals surface area contributed by atoms with E-state index in [4.69, 9.17) is 11.6 Å². The summed E-state index contributed by atoms with van der Waals surface area (Å²) >= 11 is 5.65. The molecule has 14 heavy (non-hydrogen) atoms. The number of alkyl halides is 1. The van der Waals surface area contributed by atoms with Gasteiger partial charge in [-0.1, -0.05) is 0 Å². The predicted octanol–water partition coefficient (Wildman–Crippen LogP) is 3.03. The Morgan fingerprint density at radius 1 is 1.64 bits per heavy atom. The molecule has 0 aromatic carbocycles. The van der Waals surface area contributed by atoms with Gasteiger partial charge in [-0.15, -0.1) is 11.6 Å². The lowest BCUT2D eigenvalue weighted by molar-refractivity contribution is 0.440. The van der Waals surface area contributed by atoms with Crippen molar-refractivity contribution in [3.05, 3.63) is 18.0 Å². The smallest absolute Gasteiger partial charge is 0.0521 e. The molecule has 0 spiro atoms. The second-order valence-electron chi connectivity index (χ2n) is 4.20. The first-order valence-corrected chi connectivity index (χ1v) is 5.93. The van der Waals surface area contributed by atoms with Crippen LogP contribution < -0.4 is 0 Å². The zero-order chi connectivity index (χ0) is 9.97. The van der Waals surface area contributed by atoms with Crippen LogP contribution in [0.3, 0.4) is 0 Å². The first-order chi connectivity index (χ1) is 6.81. The molecule has 0 amide bonds. The van der Waals surface area contributed by atoms with Gasteiger partial charge in [0.1, 0.15) is 0 Å². The highest BCUT2D eigenvalue weighted by Gasteiger charge is 2.29. The van der Waals surface area contributed by atoms with Crippen LogP contribution in [0.2, 0.25) is 0 Å². The topological polar surface area (TPSA) is 17.8 Å². The van der Waals surface area contributed by atoms with E-state index in [9.17, 15) is 0 Å². The van der Waals surface area contributed by atoms with Gasteiger partial charge in [0.05, 0.1) is 12.2 Å². The van der Waals surface area contributed by atoms with E-state index in [2.05, 4.69) is 22.9 Å². The van der Waals surface area contributed by atoms with Gasteiger partial charge in [-0.2, -0.15) is 5.10 Å². The number of aromatic nitrogens is 2. The maximum atomic E-state index is 5.65. The van der Waals surface area contributed by atoms with E-state index >= 15 is 0 Å². The third-order valence-electron chi connectivity index (χ3n) is 2.98. The number of rotatable bonds is 5. The molecule has 2 nitrogen and oxygen atoms in total. The summed E-state index contributed by atoms with van der Waals surface area (Å²) < 4.78 is 2.11. The second kappa shape index (κ2) is 4.35. The average Bonchev–Trinajstić information content (AvgIpc) is 2.94. The van der Waals surface area contributed by atoms with Crippen LogP contribution in [0, 0.1) is 5.92 Å². The lowest BCUT2D eigenvalue weighted by Gasteiger charge is -2.09. The molecular formula is C11H17ClN2. The molecule has 1 atom stereocenters. The minimum Gasteiger partial charge on any atom is -0.269 e. The van der Waals surface area contributed by atoms with E-state index in [1.807, 2.05) is 6.20 Å². The summed E-state index contributed by atoms with van der Waals surface area (Å²) in [6.45, 7) is 2.26. The highest BCUT2D eigenvalue weighted by Crippen LogP contribution is 2.39. The summed E-state index contributed by atoms with van der Waals surface area (Å²) in [5.74, 6) is 1.61. The molecule has 1 aliphatic rings. The molecule has 1 heterocycles. The van der Waals surface area contributed by atoms with Gasteiger partial charge in [-0.25, -0.2) is 0 Å². The third-order valence-corrected chi connectivity index (χ3v) is 3.24. The second-order valence-corrected chi connectivity index (χ2v) is 4.58. The van der Waals surface area contributed by atoms with E-state index in [0.717, 1.165) is 24.6 Å². The number of halogens is 1. The summed E-state index contributed by atoms with van der Waals surface area (Å²) in [5, 5.41) is 4.40. The zero-order valence-corrected chi connectivity index (χ0v) is 9.37. The Morgan fingerprint density at radius 3 is 3.07 bits per heavy atom. The third kappa shape index (κ3) is 2.30. The first-order valence-electron chi connectivity index (χ1n) is 5.40. The summed E-state index contributed by atoms with van der Waals surface area (Å²) in [7, 11) is 0. The molecule has 1 aliphatic carbocycles. The minimum absolute atomic E-state index is 0.583. The molecule has 1 unspecified atom stereocenters. The Bertz CT molecular complexity index is 291. The van der Waals surface area contributed by atoms with Crippen LogP contribution >= 0.6 is 11.6 Å². The minimum atomic E-state index is 0.583. The highest BCUT2D eigenvalue weighted by molar-refractivity contribution is 6.17. The Kier molecular flexibility index (Phi) is 3.12. The molecule has 2 rings (SSSR count). The zero-order valence-electron chi connectivity index (χ0n) is 8.62. The molecule has 0 bridgehead atoms. The van der Waals surface area contributed by atoms with Crippen molar-refractivity contribution in [3.8, 4) is 0 Å². The molecule has 0 saturated heterocycles. The van der Waals surface area contributed by atoms with Crippen molar-refractivity contribution in [2.24, 2.45) is 5.92 Å². The van der Waals surface area contributed by atoms with Crippen LogP contribution in [-0.2, 0) is 6.42 Å². The number of aryl methyl sites for hydroxylation is 1.